The number of aliphatic carboxylic acids is 1. The van der Waals surface area contributed by atoms with Gasteiger partial charge in [0.1, 0.15) is 5.82 Å². The van der Waals surface area contributed by atoms with Crippen molar-refractivity contribution in [3.8, 4) is 0 Å². The Morgan fingerprint density at radius 3 is 2.43 bits per heavy atom. The fourth-order valence-electron chi connectivity index (χ4n) is 1.96. The van der Waals surface area contributed by atoms with E-state index < -0.39 is 33.9 Å². The molecule has 0 aromatic heterocycles. The maximum atomic E-state index is 13.8. The summed E-state index contributed by atoms with van der Waals surface area (Å²) in [6.07, 6.45) is -4.28. The number of carboxylic acids is 1. The quantitative estimate of drug-likeness (QED) is 0.266. The molecule has 28 heavy (non-hydrogen) atoms. The average molecular weight is 430 g/mol. The van der Waals surface area contributed by atoms with Crippen LogP contribution in [0.3, 0.4) is 0 Å². The van der Waals surface area contributed by atoms with Gasteiger partial charge in [0.15, 0.2) is 5.96 Å². The number of rotatable bonds is 5. The van der Waals surface area contributed by atoms with E-state index in [9.17, 15) is 26.0 Å². The van der Waals surface area contributed by atoms with Gasteiger partial charge < -0.3 is 20.9 Å². The molecule has 1 aliphatic heterocycles. The summed E-state index contributed by atoms with van der Waals surface area (Å²) >= 11 is 0. The molecule has 158 valence electrons. The predicted octanol–water partition coefficient (Wildman–Crippen LogP) is 1.08. The molecule has 0 radical (unpaired) electrons. The second-order valence-electron chi connectivity index (χ2n) is 5.56. The number of alkyl halides is 3. The lowest BCUT2D eigenvalue weighted by Crippen LogP contribution is -2.29. The fourth-order valence-corrected chi connectivity index (χ4v) is 3.09. The highest BCUT2D eigenvalue weighted by Gasteiger charge is 2.38. The van der Waals surface area contributed by atoms with Gasteiger partial charge in [0, 0.05) is 13.2 Å². The molecule has 14 heteroatoms. The molecule has 1 aliphatic rings. The third kappa shape index (κ3) is 7.66. The number of sulfonamides is 1. The van der Waals surface area contributed by atoms with Crippen LogP contribution in [0.1, 0.15) is 6.42 Å². The molecule has 9 nitrogen and oxygen atoms in total. The smallest absolute Gasteiger partial charge is 0.475 e. The van der Waals surface area contributed by atoms with Crippen LogP contribution in [0.15, 0.2) is 23.1 Å². The van der Waals surface area contributed by atoms with Crippen molar-refractivity contribution < 1.29 is 40.6 Å². The van der Waals surface area contributed by atoms with Crippen molar-refractivity contribution in [1.82, 2.24) is 4.72 Å². The molecule has 0 spiro atoms. The minimum atomic E-state index is -5.08. The van der Waals surface area contributed by atoms with Crippen LogP contribution in [0, 0.1) is 17.1 Å². The van der Waals surface area contributed by atoms with Crippen LogP contribution < -0.4 is 15.8 Å². The van der Waals surface area contributed by atoms with Crippen molar-refractivity contribution in [1.29, 1.82) is 5.41 Å². The third-order valence-corrected chi connectivity index (χ3v) is 4.77. The van der Waals surface area contributed by atoms with Gasteiger partial charge in [-0.1, -0.05) is 0 Å². The minimum Gasteiger partial charge on any atom is -0.475 e. The van der Waals surface area contributed by atoms with Crippen molar-refractivity contribution in [2.24, 2.45) is 11.7 Å². The van der Waals surface area contributed by atoms with Crippen LogP contribution in [0.25, 0.3) is 0 Å². The standard InChI is InChI=1S/C12H17FN4O3S.C2HF3O2/c13-10-5-9(1-2-11(10)17-12(14)15)21(18,19)16-6-8-3-4-20-7-8;3-2(4,5)1(6)7/h1-2,5,8,16H,3-4,6-7H2,(H4,14,15,17);(H,6,7). The maximum absolute atomic E-state index is 13.8. The summed E-state index contributed by atoms with van der Waals surface area (Å²) in [4.78, 5) is 8.72. The van der Waals surface area contributed by atoms with E-state index in [1.807, 2.05) is 0 Å². The summed E-state index contributed by atoms with van der Waals surface area (Å²) in [6.45, 7) is 1.42. The first-order chi connectivity index (χ1) is 12.8. The number of nitrogens with two attached hydrogens (primary N) is 1. The molecule has 1 saturated heterocycles. The van der Waals surface area contributed by atoms with Gasteiger partial charge in [-0.2, -0.15) is 13.2 Å². The summed E-state index contributed by atoms with van der Waals surface area (Å²) in [6, 6.07) is 3.37. The van der Waals surface area contributed by atoms with E-state index in [4.69, 9.17) is 25.8 Å². The molecule has 0 saturated carbocycles. The number of hydrogen-bond acceptors (Lipinski definition) is 5. The second kappa shape index (κ2) is 9.66. The van der Waals surface area contributed by atoms with Gasteiger partial charge in [0.2, 0.25) is 10.0 Å². The van der Waals surface area contributed by atoms with Crippen molar-refractivity contribution in [2.75, 3.05) is 25.1 Å². The highest BCUT2D eigenvalue weighted by atomic mass is 32.2. The van der Waals surface area contributed by atoms with Crippen LogP contribution in [0.2, 0.25) is 0 Å². The van der Waals surface area contributed by atoms with E-state index >= 15 is 0 Å². The van der Waals surface area contributed by atoms with Gasteiger partial charge in [0.05, 0.1) is 17.2 Å². The maximum Gasteiger partial charge on any atom is 0.490 e. The van der Waals surface area contributed by atoms with Crippen LogP contribution in [0.5, 0.6) is 0 Å². The molecule has 2 rings (SSSR count). The number of anilines is 1. The highest BCUT2D eigenvalue weighted by Crippen LogP contribution is 2.19. The SMILES string of the molecule is N=C(N)Nc1ccc(S(=O)(=O)NCC2CCOC2)cc1F.O=C(O)C(F)(F)F. The first-order valence-corrected chi connectivity index (χ1v) is 9.09. The van der Waals surface area contributed by atoms with Crippen LogP contribution in [-0.4, -0.2) is 51.4 Å². The Morgan fingerprint density at radius 2 is 2.00 bits per heavy atom. The zero-order chi connectivity index (χ0) is 21.5. The predicted molar refractivity (Wildman–Crippen MR) is 89.7 cm³/mol. The Labute approximate surface area is 157 Å². The molecule has 0 bridgehead atoms. The van der Waals surface area contributed by atoms with E-state index in [2.05, 4.69) is 10.0 Å². The number of halogens is 4. The van der Waals surface area contributed by atoms with Gasteiger partial charge in [-0.25, -0.2) is 22.3 Å². The summed E-state index contributed by atoms with van der Waals surface area (Å²) in [5, 5.41) is 16.4. The molecule has 6 N–H and O–H groups in total. The Hall–Kier alpha value is -2.45. The zero-order valence-corrected chi connectivity index (χ0v) is 15.0. The fraction of sp³-hybridized carbons (Fsp3) is 0.429. The highest BCUT2D eigenvalue weighted by molar-refractivity contribution is 7.89. The number of carboxylic acid groups (broad SMARTS) is 1. The molecule has 1 aromatic carbocycles. The van der Waals surface area contributed by atoms with Gasteiger partial charge >= 0.3 is 12.1 Å². The summed E-state index contributed by atoms with van der Waals surface area (Å²) in [5.74, 6) is -3.84. The Kier molecular flexibility index (Phi) is 8.14. The molecule has 1 atom stereocenters. The van der Waals surface area contributed by atoms with Crippen molar-refractivity contribution in [2.45, 2.75) is 17.5 Å². The number of benzene rings is 1. The van der Waals surface area contributed by atoms with E-state index in [-0.39, 0.29) is 23.0 Å². The Balaban J connectivity index is 0.000000480. The number of guanidine groups is 1. The average Bonchev–Trinajstić information content (AvgIpc) is 3.08. The number of hydrogen-bond donors (Lipinski definition) is 5. The lowest BCUT2D eigenvalue weighted by molar-refractivity contribution is -0.192. The minimum absolute atomic E-state index is 0.0503. The van der Waals surface area contributed by atoms with E-state index in [1.165, 1.54) is 12.1 Å². The molecule has 1 unspecified atom stereocenters. The molecular weight excluding hydrogens is 412 g/mol. The third-order valence-electron chi connectivity index (χ3n) is 3.35. The van der Waals surface area contributed by atoms with Gasteiger partial charge in [-0.15, -0.1) is 0 Å². The van der Waals surface area contributed by atoms with Crippen molar-refractivity contribution in [3.05, 3.63) is 24.0 Å². The zero-order valence-electron chi connectivity index (χ0n) is 14.2. The second-order valence-corrected chi connectivity index (χ2v) is 7.33. The first-order valence-electron chi connectivity index (χ1n) is 7.61. The summed E-state index contributed by atoms with van der Waals surface area (Å²) < 4.78 is 77.2. The van der Waals surface area contributed by atoms with E-state index in [1.54, 1.807) is 0 Å². The van der Waals surface area contributed by atoms with E-state index in [0.717, 1.165) is 12.5 Å². The lowest BCUT2D eigenvalue weighted by atomic mass is 10.1. The number of nitrogens with one attached hydrogen (secondary N) is 3. The van der Waals surface area contributed by atoms with Crippen molar-refractivity contribution in [3.63, 3.8) is 0 Å². The van der Waals surface area contributed by atoms with Crippen LogP contribution >= 0.6 is 0 Å². The number of carbonyl (C=O) groups is 1. The monoisotopic (exact) mass is 430 g/mol. The molecule has 1 fully saturated rings. The van der Waals surface area contributed by atoms with Gasteiger partial charge in [-0.05, 0) is 30.5 Å². The first kappa shape index (κ1) is 23.6. The Bertz CT molecular complexity index is 810. The van der Waals surface area contributed by atoms with Crippen LogP contribution in [-0.2, 0) is 19.6 Å². The Morgan fingerprint density at radius 1 is 1.39 bits per heavy atom. The largest absolute Gasteiger partial charge is 0.490 e. The summed E-state index contributed by atoms with van der Waals surface area (Å²) in [5.41, 5.74) is 5.05. The number of ether oxygens (including phenoxy) is 1. The van der Waals surface area contributed by atoms with E-state index in [0.29, 0.717) is 13.2 Å². The summed E-state index contributed by atoms with van der Waals surface area (Å²) in [7, 11) is -3.77. The van der Waals surface area contributed by atoms with Crippen molar-refractivity contribution >= 4 is 27.6 Å². The molecule has 0 amide bonds. The van der Waals surface area contributed by atoms with Crippen LogP contribution in [0.4, 0.5) is 23.2 Å². The molecule has 1 heterocycles. The molecular formula is C14H18F4N4O5S. The normalized spacial score (nSPS) is 16.8. The van der Waals surface area contributed by atoms with Gasteiger partial charge in [-0.3, -0.25) is 5.41 Å². The molecule has 0 aliphatic carbocycles. The lowest BCUT2D eigenvalue weighted by Gasteiger charge is -2.11. The van der Waals surface area contributed by atoms with Gasteiger partial charge in [0.25, 0.3) is 0 Å². The molecule has 1 aromatic rings. The topological polar surface area (TPSA) is 155 Å².